The van der Waals surface area contributed by atoms with E-state index in [1.165, 1.54) is 0 Å². The summed E-state index contributed by atoms with van der Waals surface area (Å²) < 4.78 is 0. The molecular weight excluding hydrogens is 260 g/mol. The van der Waals surface area contributed by atoms with E-state index in [1.807, 2.05) is 0 Å². The van der Waals surface area contributed by atoms with Crippen molar-refractivity contribution in [2.24, 2.45) is 5.41 Å². The SMILES string of the molecule is CCCC1(CNC(=O)NC(=O)CCCCC(=O)O)CC1. The van der Waals surface area contributed by atoms with Gasteiger partial charge in [-0.2, -0.15) is 0 Å². The van der Waals surface area contributed by atoms with Gasteiger partial charge in [-0.05, 0) is 37.5 Å². The van der Waals surface area contributed by atoms with Gasteiger partial charge < -0.3 is 10.4 Å². The Morgan fingerprint density at radius 1 is 1.15 bits per heavy atom. The lowest BCUT2D eigenvalue weighted by Gasteiger charge is -2.14. The third kappa shape index (κ3) is 6.54. The van der Waals surface area contributed by atoms with Gasteiger partial charge in [0.15, 0.2) is 0 Å². The standard InChI is InChI=1S/C14H24N2O4/c1-2-7-14(8-9-14)10-15-13(20)16-11(17)5-3-4-6-12(18)19/h2-10H2,1H3,(H,18,19)(H2,15,16,17,20). The first-order valence-electron chi connectivity index (χ1n) is 7.27. The number of amides is 3. The van der Waals surface area contributed by atoms with Crippen LogP contribution in [-0.4, -0.2) is 29.6 Å². The molecule has 20 heavy (non-hydrogen) atoms. The van der Waals surface area contributed by atoms with Crippen LogP contribution in [-0.2, 0) is 9.59 Å². The molecule has 0 aliphatic heterocycles. The largest absolute Gasteiger partial charge is 0.481 e. The average Bonchev–Trinajstić information content (AvgIpc) is 3.13. The molecule has 0 aromatic rings. The van der Waals surface area contributed by atoms with Crippen molar-refractivity contribution >= 4 is 17.9 Å². The summed E-state index contributed by atoms with van der Waals surface area (Å²) in [5.74, 6) is -1.22. The van der Waals surface area contributed by atoms with E-state index < -0.39 is 12.0 Å². The molecular formula is C14H24N2O4. The molecule has 6 nitrogen and oxygen atoms in total. The van der Waals surface area contributed by atoms with Crippen LogP contribution in [0.1, 0.15) is 58.3 Å². The number of carboxylic acid groups (broad SMARTS) is 1. The molecule has 1 saturated carbocycles. The number of rotatable bonds is 9. The molecule has 0 heterocycles. The zero-order valence-corrected chi connectivity index (χ0v) is 12.0. The van der Waals surface area contributed by atoms with Crippen molar-refractivity contribution in [1.29, 1.82) is 0 Å². The molecule has 0 saturated heterocycles. The summed E-state index contributed by atoms with van der Waals surface area (Å²) in [5.41, 5.74) is 0.261. The highest BCUT2D eigenvalue weighted by molar-refractivity contribution is 5.94. The molecule has 0 spiro atoms. The van der Waals surface area contributed by atoms with E-state index in [1.54, 1.807) is 0 Å². The van der Waals surface area contributed by atoms with Crippen LogP contribution >= 0.6 is 0 Å². The van der Waals surface area contributed by atoms with Crippen molar-refractivity contribution in [3.05, 3.63) is 0 Å². The lowest BCUT2D eigenvalue weighted by molar-refractivity contribution is -0.137. The second-order valence-electron chi connectivity index (χ2n) is 5.58. The average molecular weight is 284 g/mol. The molecule has 0 radical (unpaired) electrons. The van der Waals surface area contributed by atoms with Gasteiger partial charge >= 0.3 is 12.0 Å². The number of imide groups is 1. The Balaban J connectivity index is 2.09. The second-order valence-corrected chi connectivity index (χ2v) is 5.58. The number of carboxylic acids is 1. The molecule has 0 unspecified atom stereocenters. The first kappa shape index (κ1) is 16.5. The lowest BCUT2D eigenvalue weighted by atomic mass is 10.0. The minimum absolute atomic E-state index is 0.0546. The summed E-state index contributed by atoms with van der Waals surface area (Å²) in [5, 5.41) is 13.5. The van der Waals surface area contributed by atoms with Crippen molar-refractivity contribution in [1.82, 2.24) is 10.6 Å². The summed E-state index contributed by atoms with van der Waals surface area (Å²) in [6.45, 7) is 2.75. The van der Waals surface area contributed by atoms with Crippen LogP contribution in [0, 0.1) is 5.41 Å². The molecule has 1 rings (SSSR count). The third-order valence-electron chi connectivity index (χ3n) is 3.66. The zero-order chi connectivity index (χ0) is 15.0. The van der Waals surface area contributed by atoms with Crippen molar-refractivity contribution in [3.63, 3.8) is 0 Å². The first-order chi connectivity index (χ1) is 9.47. The molecule has 6 heteroatoms. The maximum Gasteiger partial charge on any atom is 0.321 e. The highest BCUT2D eigenvalue weighted by atomic mass is 16.4. The quantitative estimate of drug-likeness (QED) is 0.564. The topological polar surface area (TPSA) is 95.5 Å². The molecule has 1 aliphatic carbocycles. The summed E-state index contributed by atoms with van der Waals surface area (Å²) in [6, 6.07) is -0.449. The minimum Gasteiger partial charge on any atom is -0.481 e. The summed E-state index contributed by atoms with van der Waals surface area (Å²) >= 11 is 0. The van der Waals surface area contributed by atoms with Gasteiger partial charge in [0.1, 0.15) is 0 Å². The molecule has 0 aromatic heterocycles. The van der Waals surface area contributed by atoms with E-state index in [9.17, 15) is 14.4 Å². The molecule has 3 amide bonds. The van der Waals surface area contributed by atoms with Crippen LogP contribution in [0.4, 0.5) is 4.79 Å². The highest BCUT2D eigenvalue weighted by Gasteiger charge is 2.41. The van der Waals surface area contributed by atoms with Gasteiger partial charge in [0.25, 0.3) is 0 Å². The Morgan fingerprint density at radius 2 is 1.80 bits per heavy atom. The van der Waals surface area contributed by atoms with Crippen LogP contribution in [0.2, 0.25) is 0 Å². The normalized spacial score (nSPS) is 15.4. The number of unbranched alkanes of at least 4 members (excludes halogenated alkanes) is 1. The third-order valence-corrected chi connectivity index (χ3v) is 3.66. The predicted molar refractivity (Wildman–Crippen MR) is 74.2 cm³/mol. The van der Waals surface area contributed by atoms with Crippen molar-refractivity contribution in [2.75, 3.05) is 6.54 Å². The smallest absolute Gasteiger partial charge is 0.321 e. The number of carbonyl (C=O) groups is 3. The monoisotopic (exact) mass is 284 g/mol. The van der Waals surface area contributed by atoms with Crippen molar-refractivity contribution in [2.45, 2.75) is 58.3 Å². The Bertz CT molecular complexity index is 364. The van der Waals surface area contributed by atoms with Gasteiger partial charge in [-0.3, -0.25) is 14.9 Å². The van der Waals surface area contributed by atoms with Crippen LogP contribution < -0.4 is 10.6 Å². The Labute approximate surface area is 119 Å². The minimum atomic E-state index is -0.867. The number of aliphatic carboxylic acids is 1. The van der Waals surface area contributed by atoms with E-state index in [2.05, 4.69) is 17.6 Å². The molecule has 0 aromatic carbocycles. The van der Waals surface area contributed by atoms with Gasteiger partial charge in [-0.15, -0.1) is 0 Å². The van der Waals surface area contributed by atoms with E-state index >= 15 is 0 Å². The molecule has 1 fully saturated rings. The molecule has 1 aliphatic rings. The maximum absolute atomic E-state index is 11.5. The van der Waals surface area contributed by atoms with E-state index in [0.717, 1.165) is 25.7 Å². The van der Waals surface area contributed by atoms with E-state index in [0.29, 0.717) is 19.4 Å². The molecule has 3 N–H and O–H groups in total. The Kier molecular flexibility index (Phi) is 6.48. The number of hydrogen-bond acceptors (Lipinski definition) is 3. The molecule has 114 valence electrons. The van der Waals surface area contributed by atoms with Crippen LogP contribution in [0.25, 0.3) is 0 Å². The van der Waals surface area contributed by atoms with Crippen molar-refractivity contribution < 1.29 is 19.5 Å². The van der Waals surface area contributed by atoms with Crippen molar-refractivity contribution in [3.8, 4) is 0 Å². The summed E-state index contributed by atoms with van der Waals surface area (Å²) in [7, 11) is 0. The fourth-order valence-corrected chi connectivity index (χ4v) is 2.29. The van der Waals surface area contributed by atoms with Crippen LogP contribution in [0.5, 0.6) is 0 Å². The zero-order valence-electron chi connectivity index (χ0n) is 12.0. The van der Waals surface area contributed by atoms with Gasteiger partial charge in [-0.1, -0.05) is 13.3 Å². The fourth-order valence-electron chi connectivity index (χ4n) is 2.29. The fraction of sp³-hybridized carbons (Fsp3) is 0.786. The maximum atomic E-state index is 11.5. The predicted octanol–water partition coefficient (Wildman–Crippen LogP) is 2.04. The lowest BCUT2D eigenvalue weighted by Crippen LogP contribution is -2.41. The Hall–Kier alpha value is -1.59. The Morgan fingerprint density at radius 3 is 2.35 bits per heavy atom. The van der Waals surface area contributed by atoms with Gasteiger partial charge in [0, 0.05) is 19.4 Å². The van der Waals surface area contributed by atoms with E-state index in [4.69, 9.17) is 5.11 Å². The number of urea groups is 1. The van der Waals surface area contributed by atoms with E-state index in [-0.39, 0.29) is 24.2 Å². The first-order valence-corrected chi connectivity index (χ1v) is 7.27. The molecule has 0 bridgehead atoms. The van der Waals surface area contributed by atoms with Crippen LogP contribution in [0.15, 0.2) is 0 Å². The number of carbonyl (C=O) groups excluding carboxylic acids is 2. The number of nitrogens with one attached hydrogen (secondary N) is 2. The van der Waals surface area contributed by atoms with Crippen LogP contribution in [0.3, 0.4) is 0 Å². The second kappa shape index (κ2) is 7.87. The highest BCUT2D eigenvalue weighted by Crippen LogP contribution is 2.48. The summed E-state index contributed by atoms with van der Waals surface area (Å²) in [6.07, 6.45) is 5.66. The van der Waals surface area contributed by atoms with Gasteiger partial charge in [-0.25, -0.2) is 4.79 Å². The van der Waals surface area contributed by atoms with Gasteiger partial charge in [0.2, 0.25) is 5.91 Å². The number of hydrogen-bond donors (Lipinski definition) is 3. The van der Waals surface area contributed by atoms with Gasteiger partial charge in [0.05, 0.1) is 0 Å². The molecule has 0 atom stereocenters. The summed E-state index contributed by atoms with van der Waals surface area (Å²) in [4.78, 5) is 33.3.